The van der Waals surface area contributed by atoms with Crippen molar-refractivity contribution in [2.24, 2.45) is 0 Å². The van der Waals surface area contributed by atoms with Crippen molar-refractivity contribution in [1.29, 1.82) is 0 Å². The van der Waals surface area contributed by atoms with Gasteiger partial charge in [0.1, 0.15) is 0 Å². The molecule has 0 N–H and O–H groups in total. The predicted molar refractivity (Wildman–Crippen MR) is 345 cm³/mol. The number of aromatic nitrogens is 2. The molecule has 10 aromatic carbocycles. The first-order valence-corrected chi connectivity index (χ1v) is 28.6. The van der Waals surface area contributed by atoms with Gasteiger partial charge in [0.05, 0.1) is 11.0 Å². The second kappa shape index (κ2) is 19.7. The van der Waals surface area contributed by atoms with Gasteiger partial charge in [0.15, 0.2) is 0 Å². The molecule has 80 heavy (non-hydrogen) atoms. The van der Waals surface area contributed by atoms with E-state index in [0.29, 0.717) is 0 Å². The van der Waals surface area contributed by atoms with Crippen molar-refractivity contribution < 1.29 is 0 Å². The maximum Gasteiger partial charge on any atom is 0.0535 e. The first-order chi connectivity index (χ1) is 38.1. The van der Waals surface area contributed by atoms with E-state index in [2.05, 4.69) is 323 Å². The Labute approximate surface area is 475 Å². The molecule has 396 valence electrons. The van der Waals surface area contributed by atoms with Crippen molar-refractivity contribution in [1.82, 2.24) is 9.13 Å². The summed E-state index contributed by atoms with van der Waals surface area (Å²) in [4.78, 5) is 0. The molecule has 0 aliphatic heterocycles. The van der Waals surface area contributed by atoms with Crippen LogP contribution in [0.25, 0.3) is 111 Å². The van der Waals surface area contributed by atoms with Crippen LogP contribution in [0.3, 0.4) is 0 Å². The van der Waals surface area contributed by atoms with Gasteiger partial charge < -0.3 is 9.13 Å². The van der Waals surface area contributed by atoms with Crippen molar-refractivity contribution in [3.8, 4) is 78.1 Å². The molecule has 2 heterocycles. The lowest BCUT2D eigenvalue weighted by Crippen LogP contribution is -2.10. The topological polar surface area (TPSA) is 9.86 Å². The van der Waals surface area contributed by atoms with E-state index in [9.17, 15) is 0 Å². The van der Waals surface area contributed by atoms with Crippen molar-refractivity contribution in [3.63, 3.8) is 0 Å². The van der Waals surface area contributed by atoms with Crippen LogP contribution >= 0.6 is 0 Å². The molecule has 0 fully saturated rings. The van der Waals surface area contributed by atoms with E-state index in [-0.39, 0.29) is 21.7 Å². The fourth-order valence-electron chi connectivity index (χ4n) is 11.6. The Bertz CT molecular complexity index is 4230. The number of benzene rings is 10. The molecular weight excluding hydrogens is 965 g/mol. The molecule has 0 unspecified atom stereocenters. The van der Waals surface area contributed by atoms with Gasteiger partial charge in [-0.25, -0.2) is 0 Å². The van der Waals surface area contributed by atoms with E-state index in [0.717, 1.165) is 11.4 Å². The third kappa shape index (κ3) is 10.1. The molecule has 0 saturated carbocycles. The monoisotopic (exact) mass is 1040 g/mol. The quantitative estimate of drug-likeness (QED) is 0.144. The molecule has 0 bridgehead atoms. The first-order valence-electron chi connectivity index (χ1n) is 28.6. The molecule has 0 amide bonds. The average Bonchev–Trinajstić information content (AvgIpc) is 4.22. The number of rotatable bonds is 8. The van der Waals surface area contributed by atoms with Crippen LogP contribution in [0, 0.1) is 0 Å². The molecule has 12 aromatic rings. The molecule has 0 radical (unpaired) electrons. The van der Waals surface area contributed by atoms with Crippen LogP contribution in [0.4, 0.5) is 0 Å². The van der Waals surface area contributed by atoms with Gasteiger partial charge in [-0.2, -0.15) is 0 Å². The van der Waals surface area contributed by atoms with E-state index >= 15 is 0 Å². The lowest BCUT2D eigenvalue weighted by atomic mass is 9.86. The summed E-state index contributed by atoms with van der Waals surface area (Å²) in [6.45, 7) is 27.3. The van der Waals surface area contributed by atoms with Crippen molar-refractivity contribution in [2.75, 3.05) is 0 Å². The van der Waals surface area contributed by atoms with Gasteiger partial charge in [-0.15, -0.1) is 0 Å². The van der Waals surface area contributed by atoms with E-state index < -0.39 is 0 Å². The average molecular weight is 1040 g/mol. The number of nitrogens with zero attached hydrogens (tertiary/aromatic N) is 2. The van der Waals surface area contributed by atoms with Crippen LogP contribution in [0.2, 0.25) is 0 Å². The van der Waals surface area contributed by atoms with E-state index in [1.807, 2.05) is 0 Å². The number of fused-ring (bicyclic) bond motifs is 3. The van der Waals surface area contributed by atoms with Crippen molar-refractivity contribution >= 4 is 32.6 Å². The third-order valence-corrected chi connectivity index (χ3v) is 16.7. The molecule has 0 spiro atoms. The first kappa shape index (κ1) is 52.3. The van der Waals surface area contributed by atoms with Gasteiger partial charge in [-0.05, 0) is 165 Å². The zero-order valence-electron chi connectivity index (χ0n) is 48.8. The van der Waals surface area contributed by atoms with Crippen LogP contribution in [0.1, 0.15) is 105 Å². The molecule has 0 aliphatic carbocycles. The molecular formula is C78H74N2. The Kier molecular flexibility index (Phi) is 12.9. The minimum Gasteiger partial charge on any atom is -0.316 e. The number of hydrogen-bond donors (Lipinski definition) is 0. The van der Waals surface area contributed by atoms with Crippen LogP contribution in [-0.4, -0.2) is 9.13 Å². The summed E-state index contributed by atoms with van der Waals surface area (Å²) in [5.74, 6) is 0. The van der Waals surface area contributed by atoms with Gasteiger partial charge in [-0.1, -0.05) is 247 Å². The van der Waals surface area contributed by atoms with Gasteiger partial charge >= 0.3 is 0 Å². The Morgan fingerprint density at radius 3 is 0.875 bits per heavy atom. The second-order valence-corrected chi connectivity index (χ2v) is 26.5. The predicted octanol–water partition coefficient (Wildman–Crippen LogP) is 21.9. The van der Waals surface area contributed by atoms with E-state index in [4.69, 9.17) is 0 Å². The summed E-state index contributed by atoms with van der Waals surface area (Å²) in [6, 6.07) is 82.4. The van der Waals surface area contributed by atoms with Crippen molar-refractivity contribution in [3.05, 3.63) is 253 Å². The minimum atomic E-state index is 0.0847. The van der Waals surface area contributed by atoms with Gasteiger partial charge in [-0.3, -0.25) is 0 Å². The van der Waals surface area contributed by atoms with Gasteiger partial charge in [0.2, 0.25) is 0 Å². The van der Waals surface area contributed by atoms with Gasteiger partial charge in [0, 0.05) is 45.7 Å². The Hall–Kier alpha value is -8.46. The highest BCUT2D eigenvalue weighted by molar-refractivity contribution is 6.01. The summed E-state index contributed by atoms with van der Waals surface area (Å²) in [5.41, 5.74) is 25.0. The van der Waals surface area contributed by atoms with Crippen LogP contribution in [0.5, 0.6) is 0 Å². The third-order valence-electron chi connectivity index (χ3n) is 16.7. The molecule has 2 aromatic heterocycles. The summed E-state index contributed by atoms with van der Waals surface area (Å²) in [7, 11) is 0. The molecule has 0 saturated heterocycles. The fraction of sp³-hybridized carbons (Fsp3) is 0.205. The van der Waals surface area contributed by atoms with Crippen LogP contribution in [0.15, 0.2) is 231 Å². The lowest BCUT2D eigenvalue weighted by molar-refractivity contribution is 0.590. The zero-order chi connectivity index (χ0) is 55.9. The normalized spacial score (nSPS) is 12.5. The molecule has 2 nitrogen and oxygen atoms in total. The summed E-state index contributed by atoms with van der Waals surface area (Å²) in [5, 5.41) is 4.92. The molecule has 2 heteroatoms. The highest BCUT2D eigenvalue weighted by Crippen LogP contribution is 2.41. The summed E-state index contributed by atoms with van der Waals surface area (Å²) in [6.07, 6.45) is 4.66. The second-order valence-electron chi connectivity index (χ2n) is 26.5. The maximum absolute atomic E-state index is 2.38. The molecule has 12 rings (SSSR count). The fourth-order valence-corrected chi connectivity index (χ4v) is 11.6. The minimum absolute atomic E-state index is 0.0847. The molecule has 0 aliphatic rings. The molecule has 0 atom stereocenters. The zero-order valence-corrected chi connectivity index (χ0v) is 48.8. The summed E-state index contributed by atoms with van der Waals surface area (Å²) >= 11 is 0. The van der Waals surface area contributed by atoms with Crippen molar-refractivity contribution in [2.45, 2.75) is 105 Å². The Balaban J connectivity index is 0.821. The van der Waals surface area contributed by atoms with Gasteiger partial charge in [0.25, 0.3) is 0 Å². The lowest BCUT2D eigenvalue weighted by Gasteiger charge is -2.19. The highest BCUT2D eigenvalue weighted by Gasteiger charge is 2.21. The smallest absolute Gasteiger partial charge is 0.0535 e. The summed E-state index contributed by atoms with van der Waals surface area (Å²) < 4.78 is 4.74. The van der Waals surface area contributed by atoms with E-state index in [1.54, 1.807) is 0 Å². The van der Waals surface area contributed by atoms with Crippen LogP contribution in [-0.2, 0) is 21.7 Å². The van der Waals surface area contributed by atoms with E-state index in [1.165, 1.54) is 122 Å². The largest absolute Gasteiger partial charge is 0.316 e. The Morgan fingerprint density at radius 2 is 0.487 bits per heavy atom. The number of hydrogen-bond acceptors (Lipinski definition) is 0. The highest BCUT2D eigenvalue weighted by atomic mass is 15.0. The van der Waals surface area contributed by atoms with Crippen LogP contribution < -0.4 is 0 Å². The SMILES string of the molecule is CC(C)(C)c1ccc(-c2ccc3c(c2)c(-c2ccc(C(C)(C)C)cc2)cn3-c2ccc(-c3ccc(-c4ccc5cc(-n6cc(-c7ccc(C(C)(C)C)cc7)c7cc(-c8ccc(C(C)(C)C)cc8)ccc76)ccc5c4)cc3)cc2)cc1. The maximum atomic E-state index is 2.38. The standard InChI is InChI=1S/C78H74N2/c1-75(2,3)63-32-19-54(20-33-63)61-30-43-73-69(47-61)71(56-23-36-65(37-24-56)77(7,8)9)49-79(73)67-40-27-52(28-41-67)51-13-15-53(16-14-51)58-17-18-60-46-68(42-29-59(60)45-58)80-50-72(57-25-38-66(39-26-57)78(10,11)12)70-48-62(31-44-74(70)80)55-21-34-64(35-22-55)76(4,5)6/h13-50H,1-12H3. The Morgan fingerprint density at radius 1 is 0.225 bits per heavy atom.